The Morgan fingerprint density at radius 1 is 1.53 bits per heavy atom. The normalized spacial score (nSPS) is 10.5. The topological polar surface area (TPSA) is 68.0 Å². The fraction of sp³-hybridized carbons (Fsp3) is 0.100. The van der Waals surface area contributed by atoms with Crippen molar-refractivity contribution in [1.29, 1.82) is 0 Å². The predicted molar refractivity (Wildman–Crippen MR) is 57.5 cm³/mol. The molecule has 0 saturated carbocycles. The van der Waals surface area contributed by atoms with Gasteiger partial charge in [-0.15, -0.1) is 5.10 Å². The Bertz CT molecular complexity index is 570. The van der Waals surface area contributed by atoms with E-state index >= 15 is 0 Å². The summed E-state index contributed by atoms with van der Waals surface area (Å²) in [4.78, 5) is 10.6. The van der Waals surface area contributed by atoms with Gasteiger partial charge >= 0.3 is 5.97 Å². The third-order valence-electron chi connectivity index (χ3n) is 2.10. The monoisotopic (exact) mass is 255 g/mol. The Balaban J connectivity index is 2.25. The fourth-order valence-electron chi connectivity index (χ4n) is 1.31. The van der Waals surface area contributed by atoms with E-state index in [1.165, 1.54) is 29.1 Å². The molecule has 0 bridgehead atoms. The van der Waals surface area contributed by atoms with E-state index in [4.69, 9.17) is 16.7 Å². The van der Waals surface area contributed by atoms with Gasteiger partial charge in [0.05, 0.1) is 12.7 Å². The summed E-state index contributed by atoms with van der Waals surface area (Å²) in [5.41, 5.74) is 0.339. The second-order valence-electron chi connectivity index (χ2n) is 3.34. The number of aromatic carboxylic acids is 1. The van der Waals surface area contributed by atoms with Gasteiger partial charge in [-0.1, -0.05) is 16.8 Å². The molecule has 0 spiro atoms. The molecule has 1 aromatic heterocycles. The van der Waals surface area contributed by atoms with Crippen LogP contribution in [-0.2, 0) is 6.54 Å². The highest BCUT2D eigenvalue weighted by molar-refractivity contribution is 6.31. The van der Waals surface area contributed by atoms with E-state index in [0.29, 0.717) is 10.6 Å². The Labute approximate surface area is 100 Å². The number of halogens is 2. The van der Waals surface area contributed by atoms with Crippen molar-refractivity contribution < 1.29 is 14.3 Å². The molecule has 17 heavy (non-hydrogen) atoms. The lowest BCUT2D eigenvalue weighted by atomic mass is 10.2. The van der Waals surface area contributed by atoms with Crippen LogP contribution in [0.15, 0.2) is 24.4 Å². The number of hydrogen-bond acceptors (Lipinski definition) is 3. The molecule has 2 aromatic rings. The zero-order valence-electron chi connectivity index (χ0n) is 8.47. The first-order valence-electron chi connectivity index (χ1n) is 4.63. The quantitative estimate of drug-likeness (QED) is 0.908. The molecular formula is C10H7ClFN3O2. The first-order chi connectivity index (χ1) is 8.06. The maximum absolute atomic E-state index is 13.0. The molecule has 0 unspecified atom stereocenters. The molecular weight excluding hydrogens is 249 g/mol. The maximum Gasteiger partial charge on any atom is 0.358 e. The van der Waals surface area contributed by atoms with Gasteiger partial charge in [0.15, 0.2) is 5.69 Å². The van der Waals surface area contributed by atoms with Crippen LogP contribution < -0.4 is 0 Å². The zero-order valence-corrected chi connectivity index (χ0v) is 9.23. The van der Waals surface area contributed by atoms with Crippen LogP contribution in [0, 0.1) is 5.82 Å². The van der Waals surface area contributed by atoms with Gasteiger partial charge in [0.25, 0.3) is 0 Å². The summed E-state index contributed by atoms with van der Waals surface area (Å²) in [6, 6.07) is 3.95. The van der Waals surface area contributed by atoms with Crippen molar-refractivity contribution in [2.75, 3.05) is 0 Å². The first-order valence-corrected chi connectivity index (χ1v) is 5.01. The van der Waals surface area contributed by atoms with Gasteiger partial charge in [-0.3, -0.25) is 0 Å². The molecule has 5 nitrogen and oxygen atoms in total. The van der Waals surface area contributed by atoms with Crippen LogP contribution in [0.4, 0.5) is 4.39 Å². The van der Waals surface area contributed by atoms with Gasteiger partial charge in [0.2, 0.25) is 0 Å². The molecule has 88 valence electrons. The van der Waals surface area contributed by atoms with Crippen molar-refractivity contribution in [2.24, 2.45) is 0 Å². The highest BCUT2D eigenvalue weighted by Gasteiger charge is 2.09. The Hall–Kier alpha value is -1.95. The van der Waals surface area contributed by atoms with Crippen molar-refractivity contribution in [1.82, 2.24) is 15.0 Å². The Morgan fingerprint density at radius 2 is 2.29 bits per heavy atom. The number of hydrogen-bond donors (Lipinski definition) is 1. The minimum absolute atomic E-state index is 0.164. The number of benzene rings is 1. The van der Waals surface area contributed by atoms with E-state index in [1.807, 2.05) is 0 Å². The van der Waals surface area contributed by atoms with Gasteiger partial charge in [0.1, 0.15) is 5.82 Å². The second-order valence-corrected chi connectivity index (χ2v) is 3.75. The molecule has 0 saturated heterocycles. The third kappa shape index (κ3) is 2.59. The van der Waals surface area contributed by atoms with Crippen molar-refractivity contribution in [2.45, 2.75) is 6.54 Å². The SMILES string of the molecule is O=C(O)c1cn(Cc2cc(F)ccc2Cl)nn1. The van der Waals surface area contributed by atoms with Gasteiger partial charge < -0.3 is 5.11 Å². The van der Waals surface area contributed by atoms with E-state index in [2.05, 4.69) is 10.3 Å². The molecule has 1 heterocycles. The average Bonchev–Trinajstić information content (AvgIpc) is 2.72. The Kier molecular flexibility index (Phi) is 3.06. The minimum Gasteiger partial charge on any atom is -0.476 e. The molecule has 1 N–H and O–H groups in total. The smallest absolute Gasteiger partial charge is 0.358 e. The summed E-state index contributed by atoms with van der Waals surface area (Å²) >= 11 is 5.87. The summed E-state index contributed by atoms with van der Waals surface area (Å²) in [6.07, 6.45) is 1.25. The molecule has 0 atom stereocenters. The lowest BCUT2D eigenvalue weighted by molar-refractivity contribution is 0.0690. The number of carboxylic acids is 1. The van der Waals surface area contributed by atoms with Crippen LogP contribution in [0.3, 0.4) is 0 Å². The first kappa shape index (κ1) is 11.5. The van der Waals surface area contributed by atoms with E-state index in [9.17, 15) is 9.18 Å². The van der Waals surface area contributed by atoms with Crippen LogP contribution in [0.2, 0.25) is 5.02 Å². The van der Waals surface area contributed by atoms with Crippen molar-refractivity contribution in [3.8, 4) is 0 Å². The minimum atomic E-state index is -1.17. The molecule has 0 aliphatic carbocycles. The zero-order chi connectivity index (χ0) is 12.4. The van der Waals surface area contributed by atoms with E-state index in [-0.39, 0.29) is 12.2 Å². The van der Waals surface area contributed by atoms with Crippen LogP contribution in [0.25, 0.3) is 0 Å². The van der Waals surface area contributed by atoms with E-state index in [0.717, 1.165) is 0 Å². The van der Waals surface area contributed by atoms with Crippen LogP contribution in [0.1, 0.15) is 16.1 Å². The number of aromatic nitrogens is 3. The standard InChI is InChI=1S/C10H7ClFN3O2/c11-8-2-1-7(12)3-6(8)4-15-5-9(10(16)17)13-14-15/h1-3,5H,4H2,(H,16,17). The fourth-order valence-corrected chi connectivity index (χ4v) is 1.49. The molecule has 7 heteroatoms. The predicted octanol–water partition coefficient (Wildman–Crippen LogP) is 1.82. The highest BCUT2D eigenvalue weighted by Crippen LogP contribution is 2.17. The molecule has 0 radical (unpaired) electrons. The van der Waals surface area contributed by atoms with E-state index < -0.39 is 11.8 Å². The average molecular weight is 256 g/mol. The maximum atomic E-state index is 13.0. The van der Waals surface area contributed by atoms with Crippen molar-refractivity contribution in [3.05, 3.63) is 46.5 Å². The molecule has 0 aliphatic heterocycles. The van der Waals surface area contributed by atoms with Gasteiger partial charge in [-0.05, 0) is 23.8 Å². The summed E-state index contributed by atoms with van der Waals surface area (Å²) < 4.78 is 14.3. The van der Waals surface area contributed by atoms with Gasteiger partial charge in [0, 0.05) is 5.02 Å². The lowest BCUT2D eigenvalue weighted by Gasteiger charge is -2.03. The number of nitrogens with zero attached hydrogens (tertiary/aromatic N) is 3. The van der Waals surface area contributed by atoms with Crippen LogP contribution >= 0.6 is 11.6 Å². The Morgan fingerprint density at radius 3 is 2.94 bits per heavy atom. The molecule has 0 aliphatic rings. The number of carboxylic acid groups (broad SMARTS) is 1. The molecule has 1 aromatic carbocycles. The number of rotatable bonds is 3. The van der Waals surface area contributed by atoms with Crippen LogP contribution in [-0.4, -0.2) is 26.1 Å². The molecule has 0 fully saturated rings. The van der Waals surface area contributed by atoms with Gasteiger partial charge in [-0.2, -0.15) is 0 Å². The lowest BCUT2D eigenvalue weighted by Crippen LogP contribution is -2.01. The highest BCUT2D eigenvalue weighted by atomic mass is 35.5. The summed E-state index contributed by atoms with van der Waals surface area (Å²) in [5, 5.41) is 16.1. The van der Waals surface area contributed by atoms with E-state index in [1.54, 1.807) is 0 Å². The third-order valence-corrected chi connectivity index (χ3v) is 2.47. The van der Waals surface area contributed by atoms with Crippen molar-refractivity contribution in [3.63, 3.8) is 0 Å². The summed E-state index contributed by atoms with van der Waals surface area (Å²) in [5.74, 6) is -1.58. The largest absolute Gasteiger partial charge is 0.476 e. The van der Waals surface area contributed by atoms with Crippen molar-refractivity contribution >= 4 is 17.6 Å². The second kappa shape index (κ2) is 4.50. The van der Waals surface area contributed by atoms with Crippen LogP contribution in [0.5, 0.6) is 0 Å². The number of carbonyl (C=O) groups is 1. The summed E-state index contributed by atoms with van der Waals surface area (Å²) in [7, 11) is 0. The van der Waals surface area contributed by atoms with Gasteiger partial charge in [-0.25, -0.2) is 13.9 Å². The molecule has 2 rings (SSSR count). The molecule has 0 amide bonds. The summed E-state index contributed by atoms with van der Waals surface area (Å²) in [6.45, 7) is 0.164.